The first-order valence-corrected chi connectivity index (χ1v) is 7.38. The molecular weight excluding hydrogens is 298 g/mol. The molecule has 2 aromatic heterocycles. The fourth-order valence-electron chi connectivity index (χ4n) is 2.13. The fraction of sp³-hybridized carbons (Fsp3) is 0.375. The quantitative estimate of drug-likeness (QED) is 0.643. The number of hydrogen-bond acceptors (Lipinski definition) is 5. The van der Waals surface area contributed by atoms with E-state index in [9.17, 15) is 14.4 Å². The molecule has 122 valence electrons. The van der Waals surface area contributed by atoms with E-state index in [0.29, 0.717) is 29.5 Å². The van der Waals surface area contributed by atoms with Gasteiger partial charge in [-0.2, -0.15) is 5.10 Å². The summed E-state index contributed by atoms with van der Waals surface area (Å²) in [5.74, 6) is -1.18. The fourth-order valence-corrected chi connectivity index (χ4v) is 2.13. The summed E-state index contributed by atoms with van der Waals surface area (Å²) in [6.45, 7) is 5.47. The maximum atomic E-state index is 12.4. The standard InChI is InChI=1S/C16H19N3O4/c1-4-23-16(22)10(2)11(3)18-15(21)13-8-17-19-6-5-12(9-20)7-14(13)19/h5-11H,4H2,1-3H3,(H,18,21)/t10-,11-/m0/s1. The number of pyridine rings is 1. The first kappa shape index (κ1) is 16.7. The van der Waals surface area contributed by atoms with E-state index in [1.165, 1.54) is 10.7 Å². The molecule has 7 nitrogen and oxygen atoms in total. The minimum atomic E-state index is -0.466. The Balaban J connectivity index is 2.17. The Kier molecular flexibility index (Phi) is 5.10. The van der Waals surface area contributed by atoms with Crippen LogP contribution < -0.4 is 5.32 Å². The van der Waals surface area contributed by atoms with Gasteiger partial charge in [0.2, 0.25) is 0 Å². The first-order chi connectivity index (χ1) is 11.0. The molecule has 7 heteroatoms. The second kappa shape index (κ2) is 7.04. The molecule has 0 fully saturated rings. The monoisotopic (exact) mass is 317 g/mol. The summed E-state index contributed by atoms with van der Waals surface area (Å²) in [7, 11) is 0. The molecule has 0 aromatic carbocycles. The van der Waals surface area contributed by atoms with Crippen LogP contribution in [0.2, 0.25) is 0 Å². The van der Waals surface area contributed by atoms with Gasteiger partial charge in [-0.25, -0.2) is 4.52 Å². The summed E-state index contributed by atoms with van der Waals surface area (Å²) in [6.07, 6.45) is 3.75. The lowest BCUT2D eigenvalue weighted by molar-refractivity contribution is -0.148. The van der Waals surface area contributed by atoms with Crippen LogP contribution in [0.15, 0.2) is 24.5 Å². The number of esters is 1. The molecule has 2 heterocycles. The van der Waals surface area contributed by atoms with Crippen LogP contribution in [0, 0.1) is 5.92 Å². The maximum absolute atomic E-state index is 12.4. The number of amides is 1. The topological polar surface area (TPSA) is 89.8 Å². The van der Waals surface area contributed by atoms with Gasteiger partial charge in [0.05, 0.1) is 29.8 Å². The summed E-state index contributed by atoms with van der Waals surface area (Å²) in [6, 6.07) is 2.81. The van der Waals surface area contributed by atoms with Crippen LogP contribution >= 0.6 is 0 Å². The van der Waals surface area contributed by atoms with Crippen molar-refractivity contribution in [2.24, 2.45) is 5.92 Å². The maximum Gasteiger partial charge on any atom is 0.310 e. The number of nitrogens with one attached hydrogen (secondary N) is 1. The smallest absolute Gasteiger partial charge is 0.310 e. The van der Waals surface area contributed by atoms with Crippen molar-refractivity contribution in [1.29, 1.82) is 0 Å². The molecule has 0 saturated carbocycles. The predicted octanol–water partition coefficient (Wildman–Crippen LogP) is 1.46. The molecule has 1 N–H and O–H groups in total. The number of hydrogen-bond donors (Lipinski definition) is 1. The Hall–Kier alpha value is -2.70. The highest BCUT2D eigenvalue weighted by Gasteiger charge is 2.24. The number of carbonyl (C=O) groups is 3. The van der Waals surface area contributed by atoms with Crippen LogP contribution in [0.5, 0.6) is 0 Å². The minimum absolute atomic E-state index is 0.298. The number of aldehydes is 1. The number of rotatable bonds is 6. The zero-order valence-corrected chi connectivity index (χ0v) is 13.3. The van der Waals surface area contributed by atoms with Crippen molar-refractivity contribution in [1.82, 2.24) is 14.9 Å². The molecule has 0 aliphatic rings. The van der Waals surface area contributed by atoms with E-state index in [0.717, 1.165) is 0 Å². The molecule has 2 atom stereocenters. The van der Waals surface area contributed by atoms with Crippen molar-refractivity contribution in [2.75, 3.05) is 6.61 Å². The molecule has 1 amide bonds. The molecule has 0 radical (unpaired) electrons. The van der Waals surface area contributed by atoms with Crippen molar-refractivity contribution in [2.45, 2.75) is 26.8 Å². The van der Waals surface area contributed by atoms with Crippen molar-refractivity contribution < 1.29 is 19.1 Å². The van der Waals surface area contributed by atoms with E-state index in [4.69, 9.17) is 4.74 Å². The Morgan fingerprint density at radius 3 is 2.83 bits per heavy atom. The molecule has 23 heavy (non-hydrogen) atoms. The molecule has 0 unspecified atom stereocenters. The van der Waals surface area contributed by atoms with Gasteiger partial charge in [0, 0.05) is 17.8 Å². The van der Waals surface area contributed by atoms with Crippen LogP contribution in [0.25, 0.3) is 5.52 Å². The van der Waals surface area contributed by atoms with Crippen LogP contribution in [-0.2, 0) is 9.53 Å². The summed E-state index contributed by atoms with van der Waals surface area (Å²) >= 11 is 0. The number of ether oxygens (including phenoxy) is 1. The predicted molar refractivity (Wildman–Crippen MR) is 83.3 cm³/mol. The minimum Gasteiger partial charge on any atom is -0.466 e. The lowest BCUT2D eigenvalue weighted by Crippen LogP contribution is -2.40. The Labute approximate surface area is 133 Å². The van der Waals surface area contributed by atoms with Gasteiger partial charge < -0.3 is 10.1 Å². The number of nitrogens with zero attached hydrogens (tertiary/aromatic N) is 2. The van der Waals surface area contributed by atoms with Gasteiger partial charge in [-0.15, -0.1) is 0 Å². The highest BCUT2D eigenvalue weighted by Crippen LogP contribution is 2.13. The van der Waals surface area contributed by atoms with E-state index >= 15 is 0 Å². The van der Waals surface area contributed by atoms with Crippen molar-refractivity contribution >= 4 is 23.7 Å². The van der Waals surface area contributed by atoms with E-state index < -0.39 is 12.0 Å². The Morgan fingerprint density at radius 2 is 2.17 bits per heavy atom. The van der Waals surface area contributed by atoms with Gasteiger partial charge >= 0.3 is 5.97 Å². The molecule has 0 aliphatic heterocycles. The molecule has 0 saturated heterocycles. The largest absolute Gasteiger partial charge is 0.466 e. The molecule has 0 spiro atoms. The Morgan fingerprint density at radius 1 is 1.43 bits per heavy atom. The number of fused-ring (bicyclic) bond motifs is 1. The van der Waals surface area contributed by atoms with Crippen LogP contribution in [0.1, 0.15) is 41.5 Å². The average Bonchev–Trinajstić information content (AvgIpc) is 2.97. The third kappa shape index (κ3) is 3.56. The van der Waals surface area contributed by atoms with Crippen molar-refractivity contribution in [3.05, 3.63) is 35.7 Å². The van der Waals surface area contributed by atoms with E-state index in [1.54, 1.807) is 39.1 Å². The van der Waals surface area contributed by atoms with Gasteiger partial charge in [-0.3, -0.25) is 14.4 Å². The summed E-state index contributed by atoms with van der Waals surface area (Å²) in [5, 5.41) is 6.85. The molecule has 2 rings (SSSR count). The second-order valence-corrected chi connectivity index (χ2v) is 5.27. The van der Waals surface area contributed by atoms with E-state index in [2.05, 4.69) is 10.4 Å². The van der Waals surface area contributed by atoms with Gasteiger partial charge in [0.1, 0.15) is 6.29 Å². The zero-order valence-electron chi connectivity index (χ0n) is 13.3. The summed E-state index contributed by atoms with van der Waals surface area (Å²) in [5.41, 5.74) is 1.33. The summed E-state index contributed by atoms with van der Waals surface area (Å²) < 4.78 is 6.47. The third-order valence-corrected chi connectivity index (χ3v) is 3.69. The molecular formula is C16H19N3O4. The van der Waals surface area contributed by atoms with Crippen LogP contribution in [0.4, 0.5) is 0 Å². The zero-order chi connectivity index (χ0) is 17.0. The lowest BCUT2D eigenvalue weighted by Gasteiger charge is -2.19. The Bertz CT molecular complexity index is 738. The first-order valence-electron chi connectivity index (χ1n) is 7.38. The average molecular weight is 317 g/mol. The van der Waals surface area contributed by atoms with Gasteiger partial charge in [-0.1, -0.05) is 0 Å². The summed E-state index contributed by atoms with van der Waals surface area (Å²) in [4.78, 5) is 35.0. The normalized spacial score (nSPS) is 13.3. The number of carbonyl (C=O) groups excluding carboxylic acids is 3. The van der Waals surface area contributed by atoms with Crippen LogP contribution in [-0.4, -0.2) is 40.4 Å². The molecule has 0 aliphatic carbocycles. The number of aromatic nitrogens is 2. The van der Waals surface area contributed by atoms with Crippen molar-refractivity contribution in [3.8, 4) is 0 Å². The molecule has 2 aromatic rings. The third-order valence-electron chi connectivity index (χ3n) is 3.69. The molecule has 0 bridgehead atoms. The van der Waals surface area contributed by atoms with Gasteiger partial charge in [-0.05, 0) is 32.9 Å². The second-order valence-electron chi connectivity index (χ2n) is 5.27. The SMILES string of the molecule is CCOC(=O)[C@@H](C)[C@H](C)NC(=O)c1cnn2ccc(C=O)cc12. The van der Waals surface area contributed by atoms with Crippen LogP contribution in [0.3, 0.4) is 0 Å². The highest BCUT2D eigenvalue weighted by molar-refractivity contribution is 6.01. The van der Waals surface area contributed by atoms with Gasteiger partial charge in [0.15, 0.2) is 0 Å². The van der Waals surface area contributed by atoms with E-state index in [-0.39, 0.29) is 11.9 Å². The van der Waals surface area contributed by atoms with E-state index in [1.807, 2.05) is 0 Å². The van der Waals surface area contributed by atoms with Gasteiger partial charge in [0.25, 0.3) is 5.91 Å². The highest BCUT2D eigenvalue weighted by atomic mass is 16.5. The van der Waals surface area contributed by atoms with Crippen molar-refractivity contribution in [3.63, 3.8) is 0 Å². The lowest BCUT2D eigenvalue weighted by atomic mass is 10.0.